The number of carboxylic acid groups (broad SMARTS) is 3. The van der Waals surface area contributed by atoms with Crippen molar-refractivity contribution in [3.8, 4) is 0 Å². The molecule has 0 aliphatic heterocycles. The number of benzene rings is 2. The standard InChI is InChI=1S/C54H79N9O13/c1-30(2)40(27-32(5)45(66)58-37(49(70)71)24-25-41(64)65)61(12)48(69)43(53(6,7)8)59-46(67)44(54(9,10)36-28-60(11)38-18-15-14-17-35(36)38)62(13)52(75)76-29-33-20-22-34(23-21-33)63(47(68)42(55)31(3)4)39(50(72)73)19-16-26-57-51(56)74/h14-15,17-18,20-23,27-28,30-31,37,39-40,42-44H,16,19,24-26,29,55H2,1-13H3,(H,58,66)(H,59,67)(H,64,65)(H,70,71)(H,72,73)(H3,56,57,74)/b32-27+/t37-,39+,40-,42+,43-,44-/m1/s1. The van der Waals surface area contributed by atoms with Gasteiger partial charge in [-0.2, -0.15) is 0 Å². The van der Waals surface area contributed by atoms with Gasteiger partial charge in [0.2, 0.25) is 23.6 Å². The van der Waals surface area contributed by atoms with Gasteiger partial charge >= 0.3 is 30.0 Å². The molecule has 0 saturated carbocycles. The fourth-order valence-electron chi connectivity index (χ4n) is 8.97. The van der Waals surface area contributed by atoms with Gasteiger partial charge in [-0.25, -0.2) is 19.2 Å². The zero-order valence-corrected chi connectivity index (χ0v) is 46.0. The Morgan fingerprint density at radius 1 is 0.803 bits per heavy atom. The third kappa shape index (κ3) is 16.3. The van der Waals surface area contributed by atoms with Crippen LogP contribution in [0.1, 0.15) is 106 Å². The van der Waals surface area contributed by atoms with Crippen LogP contribution in [0.25, 0.3) is 10.9 Å². The monoisotopic (exact) mass is 1060 g/mol. The van der Waals surface area contributed by atoms with Crippen LogP contribution < -0.4 is 32.3 Å². The summed E-state index contributed by atoms with van der Waals surface area (Å²) < 4.78 is 7.76. The predicted molar refractivity (Wildman–Crippen MR) is 286 cm³/mol. The van der Waals surface area contributed by atoms with Crippen molar-refractivity contribution in [1.82, 2.24) is 30.3 Å². The largest absolute Gasteiger partial charge is 0.481 e. The molecule has 0 saturated heterocycles. The van der Waals surface area contributed by atoms with Crippen molar-refractivity contribution in [2.45, 2.75) is 143 Å². The predicted octanol–water partition coefficient (Wildman–Crippen LogP) is 4.71. The molecule has 6 atom stereocenters. The number of para-hydroxylation sites is 1. The Balaban J connectivity index is 2.04. The number of carboxylic acids is 3. The number of rotatable bonds is 26. The van der Waals surface area contributed by atoms with Gasteiger partial charge in [0.25, 0.3) is 0 Å². The third-order valence-electron chi connectivity index (χ3n) is 13.5. The van der Waals surface area contributed by atoms with Crippen LogP contribution >= 0.6 is 0 Å². The van der Waals surface area contributed by atoms with Crippen LogP contribution in [0.5, 0.6) is 0 Å². The molecule has 0 spiro atoms. The smallest absolute Gasteiger partial charge is 0.410 e. The Hall–Kier alpha value is -7.49. The maximum Gasteiger partial charge on any atom is 0.410 e. The van der Waals surface area contributed by atoms with E-state index < -0.39 is 107 Å². The summed E-state index contributed by atoms with van der Waals surface area (Å²) in [5, 5.41) is 37.6. The maximum atomic E-state index is 15.2. The number of nitrogens with two attached hydrogens (primary N) is 2. The molecular weight excluding hydrogens is 983 g/mol. The second-order valence-corrected chi connectivity index (χ2v) is 21.5. The average Bonchev–Trinajstić information content (AvgIpc) is 3.68. The number of nitrogens with zero attached hydrogens (tertiary/aromatic N) is 4. The van der Waals surface area contributed by atoms with Crippen molar-refractivity contribution in [2.24, 2.45) is 35.8 Å². The number of fused-ring (bicyclic) bond motifs is 1. The van der Waals surface area contributed by atoms with Crippen molar-refractivity contribution in [1.29, 1.82) is 0 Å². The molecule has 3 rings (SSSR count). The highest BCUT2D eigenvalue weighted by atomic mass is 16.6. The van der Waals surface area contributed by atoms with Crippen LogP contribution in [-0.2, 0) is 57.4 Å². The van der Waals surface area contributed by atoms with E-state index in [1.165, 1.54) is 49.0 Å². The first-order valence-corrected chi connectivity index (χ1v) is 25.1. The number of primary amides is 1. The molecule has 0 aliphatic rings. The van der Waals surface area contributed by atoms with Crippen LogP contribution in [0, 0.1) is 17.3 Å². The van der Waals surface area contributed by atoms with Crippen molar-refractivity contribution < 1.29 is 63.2 Å². The normalized spacial score (nSPS) is 14.4. The first-order chi connectivity index (χ1) is 35.2. The number of aryl methyl sites for hydroxylation is 1. The summed E-state index contributed by atoms with van der Waals surface area (Å²) in [7, 11) is 4.80. The zero-order valence-electron chi connectivity index (χ0n) is 46.0. The Kier molecular flexibility index (Phi) is 22.2. The SMILES string of the molecule is C/C(=C\[C@H](C(C)C)N(C)C(=O)[C@@H](NC(=O)[C@@H](N(C)C(=O)OCc1ccc(N(C(=O)[C@@H](N)C(C)C)[C@@H](CCCNC(N)=O)C(=O)O)cc1)C(C)(C)c1cn(C)c2ccccc12)C(C)(C)C)C(=O)N[C@H](CCC(=O)O)C(=O)O. The van der Waals surface area contributed by atoms with E-state index in [1.807, 2.05) is 69.8 Å². The van der Waals surface area contributed by atoms with Crippen LogP contribution in [0.4, 0.5) is 15.3 Å². The second-order valence-electron chi connectivity index (χ2n) is 21.5. The topological polar surface area (TPSA) is 326 Å². The van der Waals surface area contributed by atoms with Crippen molar-refractivity contribution in [2.75, 3.05) is 25.5 Å². The molecule has 0 unspecified atom stereocenters. The van der Waals surface area contributed by atoms with E-state index in [0.29, 0.717) is 11.1 Å². The van der Waals surface area contributed by atoms with Gasteiger partial charge < -0.3 is 56.9 Å². The van der Waals surface area contributed by atoms with Gasteiger partial charge in [0, 0.05) is 67.9 Å². The second kappa shape index (κ2) is 26.8. The van der Waals surface area contributed by atoms with Gasteiger partial charge in [-0.1, -0.05) is 98.7 Å². The highest BCUT2D eigenvalue weighted by Gasteiger charge is 2.47. The van der Waals surface area contributed by atoms with Crippen LogP contribution in [0.15, 0.2) is 66.4 Å². The molecule has 0 fully saturated rings. The van der Waals surface area contributed by atoms with Crippen LogP contribution in [-0.4, -0.2) is 140 Å². The lowest BCUT2D eigenvalue weighted by Crippen LogP contribution is -2.63. The molecule has 1 heterocycles. The minimum absolute atomic E-state index is 0.0451. The number of likely N-dealkylation sites (N-methyl/N-ethyl adjacent to an activating group) is 2. The van der Waals surface area contributed by atoms with Gasteiger partial charge in [0.1, 0.15) is 30.8 Å². The molecule has 22 heteroatoms. The van der Waals surface area contributed by atoms with Crippen LogP contribution in [0.3, 0.4) is 0 Å². The first kappa shape index (κ1) is 62.8. The minimum Gasteiger partial charge on any atom is -0.481 e. The summed E-state index contributed by atoms with van der Waals surface area (Å²) >= 11 is 0. The number of anilines is 1. The summed E-state index contributed by atoms with van der Waals surface area (Å²) in [6, 6.07) is 5.73. The van der Waals surface area contributed by atoms with E-state index in [1.54, 1.807) is 46.8 Å². The molecule has 2 aromatic carbocycles. The highest BCUT2D eigenvalue weighted by molar-refractivity contribution is 6.02. The van der Waals surface area contributed by atoms with Gasteiger partial charge in [-0.15, -0.1) is 0 Å². The summed E-state index contributed by atoms with van der Waals surface area (Å²) in [5.74, 6) is -7.21. The molecule has 10 N–H and O–H groups in total. The number of aliphatic carboxylic acids is 3. The molecule has 418 valence electrons. The minimum atomic E-state index is -1.47. The molecule has 76 heavy (non-hydrogen) atoms. The van der Waals surface area contributed by atoms with Crippen molar-refractivity contribution in [3.05, 3.63) is 77.5 Å². The van der Waals surface area contributed by atoms with E-state index in [-0.39, 0.29) is 55.5 Å². The number of aromatic nitrogens is 1. The Morgan fingerprint density at radius 3 is 1.93 bits per heavy atom. The number of carbonyl (C=O) groups excluding carboxylic acids is 6. The lowest BCUT2D eigenvalue weighted by atomic mass is 9.76. The molecule has 1 aromatic heterocycles. The molecule has 0 aliphatic carbocycles. The summed E-state index contributed by atoms with van der Waals surface area (Å²) in [6.45, 7) is 17.2. The third-order valence-corrected chi connectivity index (χ3v) is 13.5. The fraction of sp³-hybridized carbons (Fsp3) is 0.537. The van der Waals surface area contributed by atoms with Gasteiger partial charge in [-0.05, 0) is 72.8 Å². The zero-order chi connectivity index (χ0) is 57.7. The van der Waals surface area contributed by atoms with Crippen molar-refractivity contribution in [3.63, 3.8) is 0 Å². The van der Waals surface area contributed by atoms with Crippen molar-refractivity contribution >= 4 is 70.3 Å². The summed E-state index contributed by atoms with van der Waals surface area (Å²) in [4.78, 5) is 122. The van der Waals surface area contributed by atoms with E-state index in [2.05, 4.69) is 16.0 Å². The quantitative estimate of drug-likeness (QED) is 0.0399. The number of urea groups is 1. The van der Waals surface area contributed by atoms with Gasteiger partial charge in [-0.3, -0.25) is 33.8 Å². The highest BCUT2D eigenvalue weighted by Crippen LogP contribution is 2.37. The van der Waals surface area contributed by atoms with E-state index in [9.17, 15) is 48.6 Å². The molecule has 0 bridgehead atoms. The van der Waals surface area contributed by atoms with E-state index in [4.69, 9.17) is 21.3 Å². The number of carbonyl (C=O) groups is 9. The molecule has 7 amide bonds. The maximum absolute atomic E-state index is 15.2. The molecule has 22 nitrogen and oxygen atoms in total. The number of ether oxygens (including phenoxy) is 1. The molecule has 0 radical (unpaired) electrons. The Morgan fingerprint density at radius 2 is 1.41 bits per heavy atom. The fourth-order valence-corrected chi connectivity index (χ4v) is 8.97. The first-order valence-electron chi connectivity index (χ1n) is 25.1. The number of amides is 7. The van der Waals surface area contributed by atoms with Gasteiger partial charge in [0.15, 0.2) is 0 Å². The van der Waals surface area contributed by atoms with Gasteiger partial charge in [0.05, 0.1) is 12.1 Å². The lowest BCUT2D eigenvalue weighted by molar-refractivity contribution is -0.142. The molecule has 3 aromatic rings. The Labute approximate surface area is 444 Å². The number of hydrogen-bond acceptors (Lipinski definition) is 11. The Bertz CT molecular complexity index is 2620. The average molecular weight is 1060 g/mol. The summed E-state index contributed by atoms with van der Waals surface area (Å²) in [6.07, 6.45) is 1.79. The van der Waals surface area contributed by atoms with E-state index >= 15 is 4.79 Å². The van der Waals surface area contributed by atoms with E-state index in [0.717, 1.165) is 15.8 Å². The summed E-state index contributed by atoms with van der Waals surface area (Å²) in [5.41, 5.74) is 11.6. The number of hydrogen-bond donors (Lipinski definition) is 8. The molecular formula is C54H79N9O13. The lowest BCUT2D eigenvalue weighted by Gasteiger charge is -2.42. The number of nitrogens with one attached hydrogen (secondary N) is 3. The van der Waals surface area contributed by atoms with Crippen LogP contribution in [0.2, 0.25) is 0 Å².